The number of nitrogens with one attached hydrogen (secondary N) is 2. The van der Waals surface area contributed by atoms with Gasteiger partial charge in [0, 0.05) is 16.8 Å². The molecule has 0 saturated heterocycles. The largest absolute Gasteiger partial charge is 0.493 e. The van der Waals surface area contributed by atoms with Crippen molar-refractivity contribution in [1.82, 2.24) is 10.3 Å². The Balaban J connectivity index is 1.72. The number of ether oxygens (including phenoxy) is 1. The summed E-state index contributed by atoms with van der Waals surface area (Å²) >= 11 is 1.53. The van der Waals surface area contributed by atoms with Crippen LogP contribution in [-0.4, -0.2) is 28.4 Å². The lowest BCUT2D eigenvalue weighted by molar-refractivity contribution is -0.127. The standard InChI is InChI=1S/C23H28N4O2S/c1-3-5-10-15-29-19-14-9-7-12-17(19)21-24-18-13-8-6-11-16(18)20-22(28)25-23(30-4-2)26-27(20)21/h6-9,11-14,20-21,24H,3-5,10,15H2,1-2H3,(H,25,26,28)/t20-,21-/m0/s1. The van der Waals surface area contributed by atoms with Gasteiger partial charge in [-0.3, -0.25) is 9.80 Å². The first kappa shape index (κ1) is 20.6. The molecule has 0 aliphatic carbocycles. The van der Waals surface area contributed by atoms with Gasteiger partial charge in [-0.1, -0.05) is 74.8 Å². The number of hydrogen-bond acceptors (Lipinski definition) is 6. The van der Waals surface area contributed by atoms with Gasteiger partial charge in [-0.25, -0.2) is 0 Å². The molecule has 1 amide bonds. The number of amidine groups is 1. The second-order valence-corrected chi connectivity index (χ2v) is 8.59. The van der Waals surface area contributed by atoms with Crippen LogP contribution in [0.25, 0.3) is 0 Å². The number of hydrazone groups is 1. The normalized spacial score (nSPS) is 19.9. The number of hydrogen-bond donors (Lipinski definition) is 2. The summed E-state index contributed by atoms with van der Waals surface area (Å²) in [5, 5.41) is 13.9. The Morgan fingerprint density at radius 1 is 1.07 bits per heavy atom. The number of amides is 1. The van der Waals surface area contributed by atoms with Crippen molar-refractivity contribution in [3.8, 4) is 5.75 Å². The van der Waals surface area contributed by atoms with Gasteiger partial charge in [0.1, 0.15) is 11.9 Å². The van der Waals surface area contributed by atoms with Crippen molar-refractivity contribution in [2.75, 3.05) is 17.7 Å². The van der Waals surface area contributed by atoms with Gasteiger partial charge in [0.15, 0.2) is 11.2 Å². The van der Waals surface area contributed by atoms with Gasteiger partial charge >= 0.3 is 0 Å². The number of anilines is 1. The molecule has 2 N–H and O–H groups in total. The highest BCUT2D eigenvalue weighted by atomic mass is 32.2. The molecule has 2 aliphatic heterocycles. The number of fused-ring (bicyclic) bond motifs is 3. The Morgan fingerprint density at radius 2 is 1.83 bits per heavy atom. The van der Waals surface area contributed by atoms with Crippen molar-refractivity contribution in [1.29, 1.82) is 0 Å². The highest BCUT2D eigenvalue weighted by Gasteiger charge is 2.42. The smallest absolute Gasteiger partial charge is 0.255 e. The first-order valence-electron chi connectivity index (χ1n) is 10.6. The monoisotopic (exact) mass is 424 g/mol. The maximum absolute atomic E-state index is 13.1. The first-order chi connectivity index (χ1) is 14.7. The Hall–Kier alpha value is -2.67. The number of thioether (sulfide) groups is 1. The molecule has 0 aromatic heterocycles. The van der Waals surface area contributed by atoms with Crippen LogP contribution in [0.2, 0.25) is 0 Å². The van der Waals surface area contributed by atoms with E-state index in [9.17, 15) is 4.79 Å². The molecule has 2 atom stereocenters. The van der Waals surface area contributed by atoms with E-state index in [1.54, 1.807) is 0 Å². The van der Waals surface area contributed by atoms with Crippen molar-refractivity contribution in [2.45, 2.75) is 45.3 Å². The van der Waals surface area contributed by atoms with Gasteiger partial charge in [0.25, 0.3) is 5.91 Å². The quantitative estimate of drug-likeness (QED) is 0.621. The summed E-state index contributed by atoms with van der Waals surface area (Å²) in [6, 6.07) is 15.5. The van der Waals surface area contributed by atoms with Crippen LogP contribution in [0.1, 0.15) is 56.4 Å². The van der Waals surface area contributed by atoms with Crippen molar-refractivity contribution in [2.24, 2.45) is 5.10 Å². The molecular weight excluding hydrogens is 396 g/mol. The highest BCUT2D eigenvalue weighted by Crippen LogP contribution is 2.44. The van der Waals surface area contributed by atoms with Gasteiger partial charge in [0.2, 0.25) is 0 Å². The van der Waals surface area contributed by atoms with E-state index in [2.05, 4.69) is 17.6 Å². The minimum atomic E-state index is -0.484. The van der Waals surface area contributed by atoms with Crippen molar-refractivity contribution >= 4 is 28.5 Å². The van der Waals surface area contributed by atoms with Crippen LogP contribution in [0.15, 0.2) is 53.6 Å². The van der Waals surface area contributed by atoms with E-state index in [1.807, 2.05) is 60.5 Å². The molecule has 0 bridgehead atoms. The van der Waals surface area contributed by atoms with Gasteiger partial charge in [-0.2, -0.15) is 0 Å². The zero-order chi connectivity index (χ0) is 20.9. The first-order valence-corrected chi connectivity index (χ1v) is 11.6. The Bertz CT molecular complexity index is 933. The predicted molar refractivity (Wildman–Crippen MR) is 123 cm³/mol. The van der Waals surface area contributed by atoms with Crippen molar-refractivity contribution in [3.05, 3.63) is 59.7 Å². The molecule has 158 valence electrons. The second kappa shape index (κ2) is 9.43. The molecule has 0 fully saturated rings. The summed E-state index contributed by atoms with van der Waals surface area (Å²) in [4.78, 5) is 13.1. The highest BCUT2D eigenvalue weighted by molar-refractivity contribution is 8.13. The third-order valence-electron chi connectivity index (χ3n) is 5.26. The fourth-order valence-corrected chi connectivity index (χ4v) is 4.44. The summed E-state index contributed by atoms with van der Waals surface area (Å²) in [5.41, 5.74) is 2.85. The zero-order valence-electron chi connectivity index (χ0n) is 17.4. The van der Waals surface area contributed by atoms with Crippen molar-refractivity contribution < 1.29 is 9.53 Å². The molecule has 0 spiro atoms. The van der Waals surface area contributed by atoms with E-state index in [1.165, 1.54) is 11.8 Å². The van der Waals surface area contributed by atoms with E-state index >= 15 is 0 Å². The minimum Gasteiger partial charge on any atom is -0.493 e. The molecule has 0 unspecified atom stereocenters. The maximum atomic E-state index is 13.1. The van der Waals surface area contributed by atoms with Crippen LogP contribution in [0.4, 0.5) is 5.69 Å². The van der Waals surface area contributed by atoms with Gasteiger partial charge in [-0.05, 0) is 24.3 Å². The number of nitrogens with zero attached hydrogens (tertiary/aromatic N) is 2. The van der Waals surface area contributed by atoms with Crippen LogP contribution < -0.4 is 15.4 Å². The predicted octanol–water partition coefficient (Wildman–Crippen LogP) is 4.88. The number of carbonyl (C=O) groups is 1. The van der Waals surface area contributed by atoms with Gasteiger partial charge in [-0.15, -0.1) is 5.10 Å². The number of rotatable bonds is 7. The SMILES string of the molecule is CCCCCOc1ccccc1[C@H]1Nc2ccccc2[C@H]2C(=O)NC(SCC)=NN12. The lowest BCUT2D eigenvalue weighted by Crippen LogP contribution is -2.51. The molecule has 0 saturated carbocycles. The maximum Gasteiger partial charge on any atom is 0.255 e. The second-order valence-electron chi connectivity index (χ2n) is 7.34. The molecule has 2 heterocycles. The lowest BCUT2D eigenvalue weighted by Gasteiger charge is -2.44. The van der Waals surface area contributed by atoms with Crippen LogP contribution in [-0.2, 0) is 4.79 Å². The average Bonchev–Trinajstić information content (AvgIpc) is 2.76. The van der Waals surface area contributed by atoms with Gasteiger partial charge < -0.3 is 15.4 Å². The Morgan fingerprint density at radius 3 is 2.63 bits per heavy atom. The van der Waals surface area contributed by atoms with E-state index < -0.39 is 6.04 Å². The average molecular weight is 425 g/mol. The third-order valence-corrected chi connectivity index (χ3v) is 6.01. The molecular formula is C23H28N4O2S. The van der Waals surface area contributed by atoms with E-state index in [4.69, 9.17) is 9.84 Å². The third kappa shape index (κ3) is 4.12. The molecule has 4 rings (SSSR count). The van der Waals surface area contributed by atoms with E-state index in [0.29, 0.717) is 11.8 Å². The lowest BCUT2D eigenvalue weighted by atomic mass is 9.97. The molecule has 30 heavy (non-hydrogen) atoms. The van der Waals surface area contributed by atoms with Crippen LogP contribution >= 0.6 is 11.8 Å². The zero-order valence-corrected chi connectivity index (χ0v) is 18.2. The fraction of sp³-hybridized carbons (Fsp3) is 0.391. The number of para-hydroxylation sites is 2. The van der Waals surface area contributed by atoms with Gasteiger partial charge in [0.05, 0.1) is 6.61 Å². The molecule has 2 aromatic carbocycles. The topological polar surface area (TPSA) is 66.0 Å². The van der Waals surface area contributed by atoms with Crippen molar-refractivity contribution in [3.63, 3.8) is 0 Å². The fourth-order valence-electron chi connectivity index (χ4n) is 3.85. The van der Waals surface area contributed by atoms with E-state index in [0.717, 1.165) is 47.6 Å². The number of unbranched alkanes of at least 4 members (excludes halogenated alkanes) is 2. The summed E-state index contributed by atoms with van der Waals surface area (Å²) in [7, 11) is 0. The Labute approximate surface area is 182 Å². The molecule has 7 heteroatoms. The minimum absolute atomic E-state index is 0.0544. The summed E-state index contributed by atoms with van der Waals surface area (Å²) in [6.45, 7) is 4.91. The number of benzene rings is 2. The van der Waals surface area contributed by atoms with Crippen LogP contribution in [0, 0.1) is 0 Å². The number of carbonyl (C=O) groups excluding carboxylic acids is 1. The molecule has 2 aliphatic rings. The summed E-state index contributed by atoms with van der Waals surface area (Å²) < 4.78 is 6.14. The molecule has 0 radical (unpaired) electrons. The van der Waals surface area contributed by atoms with Crippen LogP contribution in [0.3, 0.4) is 0 Å². The van der Waals surface area contributed by atoms with Crippen LogP contribution in [0.5, 0.6) is 5.75 Å². The molecule has 6 nitrogen and oxygen atoms in total. The Kier molecular flexibility index (Phi) is 6.47. The molecule has 2 aromatic rings. The summed E-state index contributed by atoms with van der Waals surface area (Å²) in [6.07, 6.45) is 3.03. The van der Waals surface area contributed by atoms with E-state index in [-0.39, 0.29) is 12.1 Å². The summed E-state index contributed by atoms with van der Waals surface area (Å²) in [5.74, 6) is 1.61.